The maximum atomic E-state index is 13.6. The third-order valence-corrected chi connectivity index (χ3v) is 3.97. The van der Waals surface area contributed by atoms with E-state index in [0.717, 1.165) is 0 Å². The molecule has 0 fully saturated rings. The molecule has 2 heterocycles. The highest BCUT2D eigenvalue weighted by Gasteiger charge is 2.13. The number of aromatic nitrogens is 1. The number of nitriles is 1. The summed E-state index contributed by atoms with van der Waals surface area (Å²) in [6.45, 7) is 0. The highest BCUT2D eigenvalue weighted by atomic mass is 32.1. The monoisotopic (exact) mass is 297 g/mol. The van der Waals surface area contributed by atoms with Gasteiger partial charge < -0.3 is 5.32 Å². The highest BCUT2D eigenvalue weighted by Crippen LogP contribution is 2.28. The van der Waals surface area contributed by atoms with Crippen LogP contribution < -0.4 is 5.32 Å². The highest BCUT2D eigenvalue weighted by molar-refractivity contribution is 7.20. The average Bonchev–Trinajstić information content (AvgIpc) is 2.94. The first-order chi connectivity index (χ1) is 10.2. The summed E-state index contributed by atoms with van der Waals surface area (Å²) in [7, 11) is 0. The summed E-state index contributed by atoms with van der Waals surface area (Å²) in [4.78, 5) is 16.5. The van der Waals surface area contributed by atoms with Gasteiger partial charge in [0.1, 0.15) is 17.7 Å². The van der Waals surface area contributed by atoms with Crippen LogP contribution in [0.25, 0.3) is 10.1 Å². The van der Waals surface area contributed by atoms with Crippen LogP contribution in [0.3, 0.4) is 0 Å². The number of nitrogens with one attached hydrogen (secondary N) is 1. The fourth-order valence-electron chi connectivity index (χ4n) is 1.85. The summed E-state index contributed by atoms with van der Waals surface area (Å²) in [5.74, 6) is -0.357. The van der Waals surface area contributed by atoms with Crippen molar-refractivity contribution < 1.29 is 9.18 Å². The Morgan fingerprint density at radius 3 is 2.86 bits per heavy atom. The van der Waals surface area contributed by atoms with E-state index >= 15 is 0 Å². The zero-order chi connectivity index (χ0) is 14.8. The van der Waals surface area contributed by atoms with Crippen molar-refractivity contribution in [3.63, 3.8) is 0 Å². The molecule has 0 spiro atoms. The number of hydrogen-bond acceptors (Lipinski definition) is 4. The molecular weight excluding hydrogens is 289 g/mol. The maximum Gasteiger partial charge on any atom is 0.266 e. The van der Waals surface area contributed by atoms with Gasteiger partial charge in [-0.05, 0) is 30.3 Å². The number of fused-ring (bicyclic) bond motifs is 1. The predicted octanol–water partition coefficient (Wildman–Crippen LogP) is 3.56. The van der Waals surface area contributed by atoms with Crippen molar-refractivity contribution in [2.45, 2.75) is 0 Å². The molecular formula is C15H8FN3OS. The molecule has 102 valence electrons. The van der Waals surface area contributed by atoms with Gasteiger partial charge in [0, 0.05) is 16.3 Å². The van der Waals surface area contributed by atoms with Gasteiger partial charge in [-0.3, -0.25) is 4.79 Å². The fourth-order valence-corrected chi connectivity index (χ4v) is 2.82. The average molecular weight is 297 g/mol. The van der Waals surface area contributed by atoms with Gasteiger partial charge in [0.15, 0.2) is 0 Å². The number of benzene rings is 1. The zero-order valence-corrected chi connectivity index (χ0v) is 11.4. The summed E-state index contributed by atoms with van der Waals surface area (Å²) in [5, 5.41) is 11.7. The van der Waals surface area contributed by atoms with Gasteiger partial charge >= 0.3 is 0 Å². The van der Waals surface area contributed by atoms with Crippen molar-refractivity contribution in [1.29, 1.82) is 5.26 Å². The van der Waals surface area contributed by atoms with Gasteiger partial charge in [-0.2, -0.15) is 5.26 Å². The summed E-state index contributed by atoms with van der Waals surface area (Å²) in [5.41, 5.74) is 0.414. The predicted molar refractivity (Wildman–Crippen MR) is 78.7 cm³/mol. The van der Waals surface area contributed by atoms with Crippen LogP contribution in [0, 0.1) is 17.1 Å². The van der Waals surface area contributed by atoms with E-state index in [9.17, 15) is 9.18 Å². The van der Waals surface area contributed by atoms with Gasteiger partial charge in [-0.1, -0.05) is 6.07 Å². The molecule has 3 aromatic rings. The second-order valence-electron chi connectivity index (χ2n) is 4.26. The van der Waals surface area contributed by atoms with Crippen LogP contribution in [0.15, 0.2) is 42.6 Å². The number of carbonyl (C=O) groups is 1. The molecule has 1 amide bonds. The Morgan fingerprint density at radius 1 is 1.33 bits per heavy atom. The van der Waals surface area contributed by atoms with E-state index in [4.69, 9.17) is 5.26 Å². The Labute approximate surface area is 123 Å². The number of carbonyl (C=O) groups excluding carboxylic acids is 1. The van der Waals surface area contributed by atoms with Crippen LogP contribution in [-0.4, -0.2) is 10.9 Å². The number of nitrogens with zero attached hydrogens (tertiary/aromatic N) is 2. The smallest absolute Gasteiger partial charge is 0.266 e. The fraction of sp³-hybridized carbons (Fsp3) is 0. The number of halogens is 1. The van der Waals surface area contributed by atoms with Crippen LogP contribution in [0.4, 0.5) is 10.2 Å². The van der Waals surface area contributed by atoms with Crippen molar-refractivity contribution >= 4 is 33.1 Å². The van der Waals surface area contributed by atoms with Gasteiger partial charge in [0.25, 0.3) is 5.91 Å². The van der Waals surface area contributed by atoms with E-state index in [-0.39, 0.29) is 11.7 Å². The van der Waals surface area contributed by atoms with Gasteiger partial charge in [-0.25, -0.2) is 9.37 Å². The minimum absolute atomic E-state index is 0.344. The molecule has 0 aliphatic rings. The summed E-state index contributed by atoms with van der Waals surface area (Å²) in [6.07, 6.45) is 1.38. The molecule has 2 aromatic heterocycles. The molecule has 1 aromatic carbocycles. The molecule has 21 heavy (non-hydrogen) atoms. The first kappa shape index (κ1) is 13.2. The van der Waals surface area contributed by atoms with Crippen molar-refractivity contribution in [3.05, 3.63) is 58.9 Å². The van der Waals surface area contributed by atoms with Crippen molar-refractivity contribution in [2.24, 2.45) is 0 Å². The molecule has 0 saturated carbocycles. The van der Waals surface area contributed by atoms with Crippen molar-refractivity contribution in [2.75, 3.05) is 5.32 Å². The third kappa shape index (κ3) is 2.59. The van der Waals surface area contributed by atoms with Crippen LogP contribution in [0.5, 0.6) is 0 Å². The lowest BCUT2D eigenvalue weighted by atomic mass is 10.2. The van der Waals surface area contributed by atoms with E-state index in [0.29, 0.717) is 26.3 Å². The van der Waals surface area contributed by atoms with Gasteiger partial charge in [-0.15, -0.1) is 11.3 Å². The quantitative estimate of drug-likeness (QED) is 0.786. The molecule has 1 N–H and O–H groups in total. The first-order valence-electron chi connectivity index (χ1n) is 6.03. The lowest BCUT2D eigenvalue weighted by molar-refractivity contribution is 0.103. The normalized spacial score (nSPS) is 10.3. The Hall–Kier alpha value is -2.78. The molecule has 0 aliphatic heterocycles. The Kier molecular flexibility index (Phi) is 3.34. The molecule has 0 bridgehead atoms. The van der Waals surface area contributed by atoms with Gasteiger partial charge in [0.05, 0.1) is 10.4 Å². The van der Waals surface area contributed by atoms with Crippen LogP contribution >= 0.6 is 11.3 Å². The number of thiophene rings is 1. The Balaban J connectivity index is 1.86. The lowest BCUT2D eigenvalue weighted by Gasteiger charge is -2.01. The third-order valence-electron chi connectivity index (χ3n) is 2.87. The number of anilines is 1. The zero-order valence-electron chi connectivity index (χ0n) is 10.6. The van der Waals surface area contributed by atoms with E-state index in [2.05, 4.69) is 10.3 Å². The Morgan fingerprint density at radius 2 is 2.19 bits per heavy atom. The van der Waals surface area contributed by atoms with Crippen molar-refractivity contribution in [1.82, 2.24) is 4.98 Å². The molecule has 0 unspecified atom stereocenters. The minimum atomic E-state index is -0.354. The molecule has 0 atom stereocenters. The van der Waals surface area contributed by atoms with Crippen LogP contribution in [-0.2, 0) is 0 Å². The molecule has 0 aliphatic carbocycles. The number of hydrogen-bond donors (Lipinski definition) is 1. The first-order valence-corrected chi connectivity index (χ1v) is 6.84. The largest absolute Gasteiger partial charge is 0.306 e. The summed E-state index contributed by atoms with van der Waals surface area (Å²) < 4.78 is 14.3. The molecule has 3 rings (SSSR count). The molecule has 0 radical (unpaired) electrons. The van der Waals surface area contributed by atoms with E-state index < -0.39 is 0 Å². The van der Waals surface area contributed by atoms with Crippen LogP contribution in [0.2, 0.25) is 0 Å². The molecule has 6 heteroatoms. The second kappa shape index (κ2) is 5.31. The lowest BCUT2D eigenvalue weighted by Crippen LogP contribution is -2.11. The standard InChI is InChI=1S/C15H8FN3OS/c16-11-2-1-3-12-10(11)6-13(21-12)15(20)19-14-5-4-9(7-17)8-18-14/h1-6,8H,(H,18,19,20). The van der Waals surface area contributed by atoms with E-state index in [1.807, 2.05) is 6.07 Å². The van der Waals surface area contributed by atoms with E-state index in [1.165, 1.54) is 29.7 Å². The van der Waals surface area contributed by atoms with Gasteiger partial charge in [0.2, 0.25) is 0 Å². The maximum absolute atomic E-state index is 13.6. The minimum Gasteiger partial charge on any atom is -0.306 e. The van der Waals surface area contributed by atoms with E-state index in [1.54, 1.807) is 24.3 Å². The Bertz CT molecular complexity index is 865. The summed E-state index contributed by atoms with van der Waals surface area (Å²) >= 11 is 1.21. The second-order valence-corrected chi connectivity index (χ2v) is 5.34. The number of amides is 1. The topological polar surface area (TPSA) is 65.8 Å². The molecule has 4 nitrogen and oxygen atoms in total. The SMILES string of the molecule is N#Cc1ccc(NC(=O)c2cc3c(F)cccc3s2)nc1. The summed E-state index contributed by atoms with van der Waals surface area (Å²) in [6, 6.07) is 11.3. The number of pyridine rings is 1. The molecule has 0 saturated heterocycles. The number of rotatable bonds is 2. The van der Waals surface area contributed by atoms with Crippen molar-refractivity contribution in [3.8, 4) is 6.07 Å². The van der Waals surface area contributed by atoms with Crippen LogP contribution in [0.1, 0.15) is 15.2 Å².